The van der Waals surface area contributed by atoms with Crippen LogP contribution in [0.15, 0.2) is 24.3 Å². The normalized spacial score (nSPS) is 19.6. The van der Waals surface area contributed by atoms with Gasteiger partial charge in [0.2, 0.25) is 5.91 Å². The van der Waals surface area contributed by atoms with Gasteiger partial charge in [-0.3, -0.25) is 4.79 Å². The number of amides is 1. The summed E-state index contributed by atoms with van der Waals surface area (Å²) in [6, 6.07) is 8.92. The van der Waals surface area contributed by atoms with Crippen molar-refractivity contribution in [1.82, 2.24) is 4.90 Å². The highest BCUT2D eigenvalue weighted by molar-refractivity contribution is 5.85. The average molecular weight is 297 g/mol. The minimum atomic E-state index is -0.0480. The third-order valence-electron chi connectivity index (χ3n) is 3.79. The maximum Gasteiger partial charge on any atom is 0.224 e. The van der Waals surface area contributed by atoms with Gasteiger partial charge in [-0.1, -0.05) is 29.8 Å². The lowest BCUT2D eigenvalue weighted by Crippen LogP contribution is -2.39. The molecule has 0 saturated carbocycles. The standard InChI is InChI=1S/C16H24N2O.ClH/c1-12-5-7-14(8-6-12)11-15-4-3-9-18(15)16(19)10-13(2)17;/h5-8,13,15H,3-4,9-11,17H2,1-2H3;1H. The second-order valence-electron chi connectivity index (χ2n) is 5.75. The van der Waals surface area contributed by atoms with Crippen molar-refractivity contribution in [3.63, 3.8) is 0 Å². The van der Waals surface area contributed by atoms with Crippen LogP contribution in [-0.2, 0) is 11.2 Å². The number of carbonyl (C=O) groups is 1. The Morgan fingerprint density at radius 3 is 2.65 bits per heavy atom. The summed E-state index contributed by atoms with van der Waals surface area (Å²) in [5, 5.41) is 0. The average Bonchev–Trinajstić information content (AvgIpc) is 2.79. The topological polar surface area (TPSA) is 46.3 Å². The number of carbonyl (C=O) groups excluding carboxylic acids is 1. The van der Waals surface area contributed by atoms with Crippen molar-refractivity contribution in [3.8, 4) is 0 Å². The molecule has 0 radical (unpaired) electrons. The van der Waals surface area contributed by atoms with Crippen LogP contribution in [0.2, 0.25) is 0 Å². The quantitative estimate of drug-likeness (QED) is 0.928. The Kier molecular flexibility index (Phi) is 6.50. The Bertz CT molecular complexity index is 431. The van der Waals surface area contributed by atoms with Crippen LogP contribution in [0.4, 0.5) is 0 Å². The zero-order chi connectivity index (χ0) is 13.8. The lowest BCUT2D eigenvalue weighted by atomic mass is 10.0. The minimum absolute atomic E-state index is 0. The van der Waals surface area contributed by atoms with E-state index >= 15 is 0 Å². The van der Waals surface area contributed by atoms with E-state index in [-0.39, 0.29) is 24.4 Å². The number of hydrogen-bond donors (Lipinski definition) is 1. The van der Waals surface area contributed by atoms with Gasteiger partial charge in [-0.25, -0.2) is 0 Å². The molecule has 20 heavy (non-hydrogen) atoms. The monoisotopic (exact) mass is 296 g/mol. The molecule has 0 aromatic heterocycles. The first kappa shape index (κ1) is 17.0. The van der Waals surface area contributed by atoms with E-state index in [2.05, 4.69) is 31.2 Å². The molecule has 1 aliphatic rings. The maximum absolute atomic E-state index is 12.2. The zero-order valence-electron chi connectivity index (χ0n) is 12.3. The number of likely N-dealkylation sites (tertiary alicyclic amines) is 1. The summed E-state index contributed by atoms with van der Waals surface area (Å²) in [6.45, 7) is 4.88. The Morgan fingerprint density at radius 1 is 1.40 bits per heavy atom. The molecule has 2 N–H and O–H groups in total. The minimum Gasteiger partial charge on any atom is -0.339 e. The lowest BCUT2D eigenvalue weighted by Gasteiger charge is -2.25. The van der Waals surface area contributed by atoms with Crippen LogP contribution in [0, 0.1) is 6.92 Å². The van der Waals surface area contributed by atoms with Crippen molar-refractivity contribution >= 4 is 18.3 Å². The van der Waals surface area contributed by atoms with Crippen molar-refractivity contribution in [2.75, 3.05) is 6.54 Å². The van der Waals surface area contributed by atoms with E-state index in [0.717, 1.165) is 25.8 Å². The third-order valence-corrected chi connectivity index (χ3v) is 3.79. The van der Waals surface area contributed by atoms with Crippen LogP contribution in [-0.4, -0.2) is 29.4 Å². The predicted molar refractivity (Wildman–Crippen MR) is 85.1 cm³/mol. The van der Waals surface area contributed by atoms with Crippen molar-refractivity contribution in [1.29, 1.82) is 0 Å². The number of aryl methyl sites for hydroxylation is 1. The van der Waals surface area contributed by atoms with Crippen molar-refractivity contribution < 1.29 is 4.79 Å². The fourth-order valence-electron chi connectivity index (χ4n) is 2.77. The highest BCUT2D eigenvalue weighted by Gasteiger charge is 2.28. The first-order chi connectivity index (χ1) is 9.06. The molecule has 2 atom stereocenters. The van der Waals surface area contributed by atoms with Gasteiger partial charge < -0.3 is 10.6 Å². The van der Waals surface area contributed by atoms with Gasteiger partial charge in [0, 0.05) is 25.0 Å². The number of hydrogen-bond acceptors (Lipinski definition) is 2. The molecule has 1 aromatic carbocycles. The van der Waals surface area contributed by atoms with Gasteiger partial charge in [-0.05, 0) is 38.7 Å². The highest BCUT2D eigenvalue weighted by atomic mass is 35.5. The van der Waals surface area contributed by atoms with Crippen LogP contribution < -0.4 is 5.73 Å². The molecular weight excluding hydrogens is 272 g/mol. The molecule has 1 heterocycles. The Balaban J connectivity index is 0.00000200. The van der Waals surface area contributed by atoms with E-state index < -0.39 is 0 Å². The molecule has 0 bridgehead atoms. The molecule has 2 unspecified atom stereocenters. The van der Waals surface area contributed by atoms with E-state index in [9.17, 15) is 4.79 Å². The van der Waals surface area contributed by atoms with Crippen LogP contribution in [0.3, 0.4) is 0 Å². The maximum atomic E-state index is 12.2. The second kappa shape index (κ2) is 7.65. The summed E-state index contributed by atoms with van der Waals surface area (Å²) >= 11 is 0. The zero-order valence-corrected chi connectivity index (χ0v) is 13.2. The number of rotatable bonds is 4. The van der Waals surface area contributed by atoms with Gasteiger partial charge in [0.15, 0.2) is 0 Å². The van der Waals surface area contributed by atoms with E-state index in [1.54, 1.807) is 0 Å². The van der Waals surface area contributed by atoms with Gasteiger partial charge in [0.25, 0.3) is 0 Å². The van der Waals surface area contributed by atoms with Crippen molar-refractivity contribution in [2.24, 2.45) is 5.73 Å². The van der Waals surface area contributed by atoms with Crippen LogP contribution in [0.1, 0.15) is 37.3 Å². The lowest BCUT2D eigenvalue weighted by molar-refractivity contribution is -0.132. The molecule has 2 rings (SSSR count). The number of nitrogens with two attached hydrogens (primary N) is 1. The Labute approximate surface area is 127 Å². The van der Waals surface area contributed by atoms with E-state index in [4.69, 9.17) is 5.73 Å². The third kappa shape index (κ3) is 4.50. The van der Waals surface area contributed by atoms with Gasteiger partial charge in [-0.2, -0.15) is 0 Å². The van der Waals surface area contributed by atoms with E-state index in [1.165, 1.54) is 11.1 Å². The number of benzene rings is 1. The Morgan fingerprint density at radius 2 is 2.05 bits per heavy atom. The highest BCUT2D eigenvalue weighted by Crippen LogP contribution is 2.22. The molecule has 0 spiro atoms. The molecule has 1 saturated heterocycles. The fraction of sp³-hybridized carbons (Fsp3) is 0.562. The summed E-state index contributed by atoms with van der Waals surface area (Å²) in [7, 11) is 0. The molecular formula is C16H25ClN2O. The molecule has 4 heteroatoms. The molecule has 1 amide bonds. The first-order valence-electron chi connectivity index (χ1n) is 7.17. The van der Waals surface area contributed by atoms with Crippen LogP contribution in [0.5, 0.6) is 0 Å². The Hall–Kier alpha value is -1.06. The number of nitrogens with zero attached hydrogens (tertiary/aromatic N) is 1. The van der Waals surface area contributed by atoms with Crippen molar-refractivity contribution in [3.05, 3.63) is 35.4 Å². The number of halogens is 1. The summed E-state index contributed by atoms with van der Waals surface area (Å²) < 4.78 is 0. The van der Waals surface area contributed by atoms with Gasteiger partial charge in [-0.15, -0.1) is 12.4 Å². The molecule has 1 aromatic rings. The largest absolute Gasteiger partial charge is 0.339 e. The van der Waals surface area contributed by atoms with Crippen LogP contribution in [0.25, 0.3) is 0 Å². The van der Waals surface area contributed by atoms with Gasteiger partial charge in [0.1, 0.15) is 0 Å². The predicted octanol–water partition coefficient (Wildman–Crippen LogP) is 2.69. The smallest absolute Gasteiger partial charge is 0.224 e. The van der Waals surface area contributed by atoms with Gasteiger partial charge in [0.05, 0.1) is 0 Å². The molecule has 0 aliphatic carbocycles. The SMILES string of the molecule is Cc1ccc(CC2CCCN2C(=O)CC(C)N)cc1.Cl. The fourth-order valence-corrected chi connectivity index (χ4v) is 2.77. The van der Waals surface area contributed by atoms with E-state index in [1.807, 2.05) is 11.8 Å². The summed E-state index contributed by atoms with van der Waals surface area (Å²) in [4.78, 5) is 14.2. The second-order valence-corrected chi connectivity index (χ2v) is 5.75. The summed E-state index contributed by atoms with van der Waals surface area (Å²) in [6.07, 6.45) is 3.65. The molecule has 1 fully saturated rings. The summed E-state index contributed by atoms with van der Waals surface area (Å²) in [5.74, 6) is 0.213. The molecule has 1 aliphatic heterocycles. The van der Waals surface area contributed by atoms with Crippen LogP contribution >= 0.6 is 12.4 Å². The molecule has 112 valence electrons. The summed E-state index contributed by atoms with van der Waals surface area (Å²) in [5.41, 5.74) is 8.32. The van der Waals surface area contributed by atoms with Crippen molar-refractivity contribution in [2.45, 2.75) is 51.6 Å². The van der Waals surface area contributed by atoms with Gasteiger partial charge >= 0.3 is 0 Å². The first-order valence-corrected chi connectivity index (χ1v) is 7.17. The molecule has 3 nitrogen and oxygen atoms in total. The van der Waals surface area contributed by atoms with E-state index in [0.29, 0.717) is 12.5 Å².